The van der Waals surface area contributed by atoms with Crippen molar-refractivity contribution < 1.29 is 106 Å². The third-order valence-corrected chi connectivity index (χ3v) is 5.26. The molecule has 0 aromatic rings. The first kappa shape index (κ1) is 32.0. The molecule has 0 aromatic carbocycles. The maximum Gasteiger partial charge on any atom is 1.00 e. The zero-order valence-electron chi connectivity index (χ0n) is 17.1. The molecule has 1 aliphatic carbocycles. The van der Waals surface area contributed by atoms with Gasteiger partial charge in [-0.15, -0.1) is 0 Å². The van der Waals surface area contributed by atoms with Gasteiger partial charge < -0.3 is 53.6 Å². The molecule has 0 aromatic heterocycles. The smallest absolute Gasteiger partial charge is 0.756 e. The number of ether oxygens (including phenoxy) is 2. The Morgan fingerprint density at radius 3 is 1.69 bits per heavy atom. The van der Waals surface area contributed by atoms with Crippen LogP contribution < -0.4 is 34.5 Å². The largest absolute Gasteiger partial charge is 1.00 e. The van der Waals surface area contributed by atoms with Gasteiger partial charge in [0.2, 0.25) is 0 Å². The average molecular weight is 520 g/mol. The van der Waals surface area contributed by atoms with Crippen molar-refractivity contribution in [3.05, 3.63) is 0 Å². The Balaban J connectivity index is 0.00000961. The van der Waals surface area contributed by atoms with E-state index in [-0.39, 0.29) is 29.6 Å². The molecule has 8 atom stereocenters. The number of hydrogen-bond donors (Lipinski definition) is 6. The summed E-state index contributed by atoms with van der Waals surface area (Å²) in [7, 11) is -10.7. The van der Waals surface area contributed by atoms with Crippen molar-refractivity contribution in [2.24, 2.45) is 0 Å². The summed E-state index contributed by atoms with van der Waals surface area (Å²) in [6, 6.07) is 0. The molecule has 0 spiro atoms. The summed E-state index contributed by atoms with van der Waals surface area (Å²) >= 11 is 0. The van der Waals surface area contributed by atoms with Crippen LogP contribution >= 0.6 is 15.6 Å². The quantitative estimate of drug-likeness (QED) is 0.0888. The van der Waals surface area contributed by atoms with Gasteiger partial charge in [0, 0.05) is 13.8 Å². The summed E-state index contributed by atoms with van der Waals surface area (Å²) in [5.74, 6) is -1.62. The molecule has 1 fully saturated rings. The fourth-order valence-electron chi connectivity index (χ4n) is 2.50. The molecule has 0 aliphatic heterocycles. The van der Waals surface area contributed by atoms with Crippen LogP contribution in [0.4, 0.5) is 0 Å². The van der Waals surface area contributed by atoms with E-state index in [1.54, 1.807) is 0 Å². The van der Waals surface area contributed by atoms with Crippen LogP contribution in [-0.4, -0.2) is 98.1 Å². The number of rotatable bonds is 10. The van der Waals surface area contributed by atoms with Gasteiger partial charge in [-0.3, -0.25) is 18.7 Å². The van der Waals surface area contributed by atoms with Crippen molar-refractivity contribution >= 4 is 27.6 Å². The van der Waals surface area contributed by atoms with Crippen LogP contribution in [0.2, 0.25) is 0 Å². The van der Waals surface area contributed by atoms with E-state index in [9.17, 15) is 44.0 Å². The second kappa shape index (κ2) is 13.2. The Hall–Kier alpha value is 0. The molecule has 32 heavy (non-hydrogen) atoms. The predicted octanol–water partition coefficient (Wildman–Crippen LogP) is -6.71. The summed E-state index contributed by atoms with van der Waals surface area (Å²) in [6.45, 7) is 0.560. The van der Waals surface area contributed by atoms with Crippen molar-refractivity contribution in [1.29, 1.82) is 0 Å². The van der Waals surface area contributed by atoms with E-state index in [2.05, 4.69) is 18.3 Å². The van der Waals surface area contributed by atoms with Crippen molar-refractivity contribution in [3.8, 4) is 0 Å². The molecular weight excluding hydrogens is 497 g/mol. The van der Waals surface area contributed by atoms with Gasteiger partial charge in [0.05, 0.1) is 6.61 Å². The van der Waals surface area contributed by atoms with Gasteiger partial charge in [-0.1, -0.05) is 0 Å². The number of esters is 2. The van der Waals surface area contributed by atoms with Gasteiger partial charge in [-0.25, -0.2) is 4.57 Å². The third kappa shape index (κ3) is 10.5. The topological polar surface area (TPSA) is 259 Å². The molecule has 0 bridgehead atoms. The minimum absolute atomic E-state index is 0. The summed E-state index contributed by atoms with van der Waals surface area (Å²) in [5, 5.41) is 39.7. The van der Waals surface area contributed by atoms with Crippen molar-refractivity contribution in [2.75, 3.05) is 13.2 Å². The Bertz CT molecular complexity index is 713. The van der Waals surface area contributed by atoms with E-state index in [1.807, 2.05) is 0 Å². The molecular formula is C13H23NaO16P2. The molecule has 16 nitrogen and oxygen atoms in total. The fourth-order valence-corrected chi connectivity index (χ4v) is 4.03. The molecule has 19 heteroatoms. The van der Waals surface area contributed by atoms with Crippen LogP contribution in [0.3, 0.4) is 0 Å². The summed E-state index contributed by atoms with van der Waals surface area (Å²) < 4.78 is 45.3. The van der Waals surface area contributed by atoms with Gasteiger partial charge in [0.1, 0.15) is 43.2 Å². The summed E-state index contributed by atoms with van der Waals surface area (Å²) in [5.41, 5.74) is 0. The normalized spacial score (nSPS) is 31.0. The van der Waals surface area contributed by atoms with Crippen molar-refractivity contribution in [3.63, 3.8) is 0 Å². The number of phosphoric acid groups is 2. The molecule has 1 rings (SSSR count). The molecule has 6 N–H and O–H groups in total. The van der Waals surface area contributed by atoms with Gasteiger partial charge >= 0.3 is 49.3 Å². The van der Waals surface area contributed by atoms with E-state index < -0.39 is 83.5 Å². The zero-order valence-corrected chi connectivity index (χ0v) is 20.9. The molecule has 0 amide bonds. The van der Waals surface area contributed by atoms with Crippen molar-refractivity contribution in [1.82, 2.24) is 0 Å². The SMILES string of the molecule is CC(=O)OC[C@H](COP(=O)([O-])OC1[C@H](O)[C@H](O)C(OP(=O)(O)O)[C@H](O)[C@H]1O)OC(C)=O.[Na+]. The van der Waals surface area contributed by atoms with Crippen LogP contribution in [0.25, 0.3) is 0 Å². The monoisotopic (exact) mass is 520 g/mol. The van der Waals surface area contributed by atoms with Crippen molar-refractivity contribution in [2.45, 2.75) is 56.6 Å². The molecule has 0 radical (unpaired) electrons. The first-order valence-electron chi connectivity index (χ1n) is 8.45. The fraction of sp³-hybridized carbons (Fsp3) is 0.846. The number of aliphatic hydroxyl groups is 4. The number of phosphoric ester groups is 2. The first-order chi connectivity index (χ1) is 14.0. The molecule has 0 heterocycles. The van der Waals surface area contributed by atoms with Crippen LogP contribution in [0.15, 0.2) is 0 Å². The maximum absolute atomic E-state index is 12.0. The summed E-state index contributed by atoms with van der Waals surface area (Å²) in [4.78, 5) is 51.5. The number of hydrogen-bond acceptors (Lipinski definition) is 14. The van der Waals surface area contributed by atoms with Gasteiger partial charge in [-0.2, -0.15) is 0 Å². The van der Waals surface area contributed by atoms with Gasteiger partial charge in [0.15, 0.2) is 6.10 Å². The molecule has 182 valence electrons. The van der Waals surface area contributed by atoms with Crippen LogP contribution in [0, 0.1) is 0 Å². The zero-order chi connectivity index (χ0) is 24.1. The molecule has 1 saturated carbocycles. The van der Waals surface area contributed by atoms with E-state index in [4.69, 9.17) is 14.5 Å². The van der Waals surface area contributed by atoms with Crippen LogP contribution in [-0.2, 0) is 41.8 Å². The molecule has 0 saturated heterocycles. The third-order valence-electron chi connectivity index (χ3n) is 3.78. The number of carbonyl (C=O) groups is 2. The minimum atomic E-state index is -5.41. The average Bonchev–Trinajstić information content (AvgIpc) is 2.62. The van der Waals surface area contributed by atoms with Crippen LogP contribution in [0.5, 0.6) is 0 Å². The van der Waals surface area contributed by atoms with E-state index in [1.165, 1.54) is 0 Å². The van der Waals surface area contributed by atoms with E-state index >= 15 is 0 Å². The maximum atomic E-state index is 12.0. The van der Waals surface area contributed by atoms with Gasteiger partial charge in [0.25, 0.3) is 7.82 Å². The second-order valence-electron chi connectivity index (χ2n) is 6.37. The van der Waals surface area contributed by atoms with Gasteiger partial charge in [-0.05, 0) is 0 Å². The van der Waals surface area contributed by atoms with E-state index in [0.717, 1.165) is 13.8 Å². The minimum Gasteiger partial charge on any atom is -0.756 e. The molecule has 3 unspecified atom stereocenters. The Morgan fingerprint density at radius 2 is 1.31 bits per heavy atom. The standard InChI is InChI=1S/C13H24O16P2.Na/c1-5(14)25-3-7(27-6(2)15)4-26-31(23,24)29-13-10(18)8(16)12(9(17)11(13)19)28-30(20,21)22;/h7-13,16-19H,3-4H2,1-2H3,(H,23,24)(H2,20,21,22);/q;+1/p-1/t7-,8-,9+,10-,11-,12?,13?;/m1./s1. The first-order valence-corrected chi connectivity index (χ1v) is 11.4. The molecule has 1 aliphatic rings. The number of carbonyl (C=O) groups excluding carboxylic acids is 2. The Morgan fingerprint density at radius 1 is 0.875 bits per heavy atom. The van der Waals surface area contributed by atoms with E-state index in [0.29, 0.717) is 0 Å². The second-order valence-corrected chi connectivity index (χ2v) is 8.93. The Labute approximate surface area is 203 Å². The Kier molecular flexibility index (Phi) is 13.2. The summed E-state index contributed by atoms with van der Waals surface area (Å²) in [6.07, 6.45) is -15.0. The number of aliphatic hydroxyl groups excluding tert-OH is 4. The predicted molar refractivity (Wildman–Crippen MR) is 91.6 cm³/mol. The van der Waals surface area contributed by atoms with Crippen LogP contribution in [0.1, 0.15) is 13.8 Å².